The van der Waals surface area contributed by atoms with E-state index in [1.807, 2.05) is 63.2 Å². The summed E-state index contributed by atoms with van der Waals surface area (Å²) >= 11 is 0. The number of benzene rings is 2. The third kappa shape index (κ3) is 5.75. The van der Waals surface area contributed by atoms with E-state index in [1.54, 1.807) is 0 Å². The highest BCUT2D eigenvalue weighted by Gasteiger charge is 2.21. The molecule has 0 aliphatic heterocycles. The number of esters is 1. The molecule has 0 saturated carbocycles. The minimum Gasteiger partial charge on any atom is -0.460 e. The van der Waals surface area contributed by atoms with E-state index in [2.05, 4.69) is 0 Å². The summed E-state index contributed by atoms with van der Waals surface area (Å²) in [5.41, 5.74) is 1.98. The largest absolute Gasteiger partial charge is 0.460 e. The van der Waals surface area contributed by atoms with E-state index in [9.17, 15) is 9.59 Å². The van der Waals surface area contributed by atoms with Crippen LogP contribution in [0.1, 0.15) is 49.5 Å². The number of ether oxygens (including phenoxy) is 3. The molecule has 0 N–H and O–H groups in total. The molecule has 1 aliphatic rings. The molecule has 0 aromatic heterocycles. The number of carbonyl (C=O) groups is 2. The van der Waals surface area contributed by atoms with Gasteiger partial charge in [-0.25, -0.2) is 0 Å². The molecule has 2 aromatic rings. The molecule has 154 valence electrons. The van der Waals surface area contributed by atoms with Crippen LogP contribution in [0, 0.1) is 0 Å². The molecule has 0 spiro atoms. The summed E-state index contributed by atoms with van der Waals surface area (Å²) in [7, 11) is 0. The second kappa shape index (κ2) is 9.33. The highest BCUT2D eigenvalue weighted by atomic mass is 16.6. The van der Waals surface area contributed by atoms with E-state index < -0.39 is 5.60 Å². The maximum Gasteiger partial charge on any atom is 0.306 e. The standard InChI is InChI=1S/C24H28O5/c1-24(2,3)29-21(25)11-6-12-27-13-14-28-16-19-15-18-9-4-7-17-8-5-10-20(22(17)18)23(19)26/h4-5,7-10,15H,6,11-14,16H2,1-3H3. The summed E-state index contributed by atoms with van der Waals surface area (Å²) in [6, 6.07) is 11.8. The van der Waals surface area contributed by atoms with Gasteiger partial charge in [0.15, 0.2) is 5.78 Å². The minimum absolute atomic E-state index is 0.0209. The molecule has 0 fully saturated rings. The molecule has 0 radical (unpaired) electrons. The van der Waals surface area contributed by atoms with Crippen LogP contribution in [0.5, 0.6) is 0 Å². The van der Waals surface area contributed by atoms with Gasteiger partial charge in [0.1, 0.15) is 5.60 Å². The van der Waals surface area contributed by atoms with Crippen molar-refractivity contribution in [2.24, 2.45) is 0 Å². The molecule has 2 aromatic carbocycles. The zero-order valence-corrected chi connectivity index (χ0v) is 17.3. The lowest BCUT2D eigenvalue weighted by molar-refractivity contribution is -0.155. The molecule has 0 heterocycles. The molecular formula is C24H28O5. The van der Waals surface area contributed by atoms with Crippen molar-refractivity contribution in [3.05, 3.63) is 53.1 Å². The van der Waals surface area contributed by atoms with Gasteiger partial charge in [0.25, 0.3) is 0 Å². The number of hydrogen-bond acceptors (Lipinski definition) is 5. The van der Waals surface area contributed by atoms with Gasteiger partial charge in [-0.15, -0.1) is 0 Å². The second-order valence-electron chi connectivity index (χ2n) is 8.10. The molecular weight excluding hydrogens is 368 g/mol. The van der Waals surface area contributed by atoms with Crippen LogP contribution in [0.3, 0.4) is 0 Å². The van der Waals surface area contributed by atoms with E-state index in [0.29, 0.717) is 38.2 Å². The van der Waals surface area contributed by atoms with Gasteiger partial charge in [-0.05, 0) is 44.2 Å². The SMILES string of the molecule is CC(C)(C)OC(=O)CCCOCCOCC1=Cc2cccc3cccc(c23)C1=O. The van der Waals surface area contributed by atoms with Crippen LogP contribution in [-0.2, 0) is 19.0 Å². The molecule has 0 atom stereocenters. The Bertz CT molecular complexity index is 915. The van der Waals surface area contributed by atoms with Crippen molar-refractivity contribution < 1.29 is 23.8 Å². The van der Waals surface area contributed by atoms with Crippen molar-refractivity contribution in [2.45, 2.75) is 39.2 Å². The van der Waals surface area contributed by atoms with Crippen LogP contribution >= 0.6 is 0 Å². The Hall–Kier alpha value is -2.50. The Morgan fingerprint density at radius 3 is 2.45 bits per heavy atom. The fraction of sp³-hybridized carbons (Fsp3) is 0.417. The van der Waals surface area contributed by atoms with E-state index in [1.165, 1.54) is 0 Å². The summed E-state index contributed by atoms with van der Waals surface area (Å²) in [5, 5.41) is 2.08. The van der Waals surface area contributed by atoms with E-state index in [4.69, 9.17) is 14.2 Å². The highest BCUT2D eigenvalue weighted by Crippen LogP contribution is 2.31. The maximum atomic E-state index is 12.7. The Kier molecular flexibility index (Phi) is 6.83. The predicted octanol–water partition coefficient (Wildman–Crippen LogP) is 4.57. The number of hydrogen-bond donors (Lipinski definition) is 0. The van der Waals surface area contributed by atoms with Crippen molar-refractivity contribution in [1.29, 1.82) is 0 Å². The molecule has 0 unspecified atom stereocenters. The maximum absolute atomic E-state index is 12.7. The Balaban J connectivity index is 1.38. The van der Waals surface area contributed by atoms with E-state index in [0.717, 1.165) is 21.9 Å². The zero-order valence-electron chi connectivity index (χ0n) is 17.3. The quantitative estimate of drug-likeness (QED) is 0.459. The lowest BCUT2D eigenvalue weighted by atomic mass is 9.88. The topological polar surface area (TPSA) is 61.8 Å². The monoisotopic (exact) mass is 396 g/mol. The van der Waals surface area contributed by atoms with Crippen molar-refractivity contribution in [1.82, 2.24) is 0 Å². The lowest BCUT2D eigenvalue weighted by Gasteiger charge is -2.19. The number of ketones is 1. The second-order valence-corrected chi connectivity index (χ2v) is 8.10. The van der Waals surface area contributed by atoms with Crippen LogP contribution in [0.2, 0.25) is 0 Å². The first kappa shape index (κ1) is 21.2. The first-order valence-electron chi connectivity index (χ1n) is 9.99. The summed E-state index contributed by atoms with van der Waals surface area (Å²) in [6.45, 7) is 7.09. The van der Waals surface area contributed by atoms with Crippen LogP contribution < -0.4 is 0 Å². The van der Waals surface area contributed by atoms with Crippen LogP contribution in [0.25, 0.3) is 16.8 Å². The van der Waals surface area contributed by atoms with E-state index >= 15 is 0 Å². The first-order valence-corrected chi connectivity index (χ1v) is 9.99. The number of Topliss-reactive ketones (excluding diaryl/α,β-unsaturated/α-hetero) is 1. The summed E-state index contributed by atoms with van der Waals surface area (Å²) < 4.78 is 16.4. The summed E-state index contributed by atoms with van der Waals surface area (Å²) in [6.07, 6.45) is 2.86. The number of rotatable bonds is 9. The van der Waals surface area contributed by atoms with Gasteiger partial charge in [-0.3, -0.25) is 9.59 Å². The van der Waals surface area contributed by atoms with Gasteiger partial charge in [0, 0.05) is 29.6 Å². The molecule has 3 rings (SSSR count). The van der Waals surface area contributed by atoms with E-state index in [-0.39, 0.29) is 18.4 Å². The molecule has 0 bridgehead atoms. The predicted molar refractivity (Wildman–Crippen MR) is 113 cm³/mol. The van der Waals surface area contributed by atoms with Gasteiger partial charge >= 0.3 is 5.97 Å². The van der Waals surface area contributed by atoms with Crippen molar-refractivity contribution in [3.8, 4) is 0 Å². The van der Waals surface area contributed by atoms with Crippen molar-refractivity contribution in [2.75, 3.05) is 26.4 Å². The average molecular weight is 396 g/mol. The third-order valence-corrected chi connectivity index (χ3v) is 4.52. The van der Waals surface area contributed by atoms with Gasteiger partial charge in [-0.2, -0.15) is 0 Å². The van der Waals surface area contributed by atoms with Crippen molar-refractivity contribution >= 4 is 28.6 Å². The first-order chi connectivity index (χ1) is 13.8. The van der Waals surface area contributed by atoms with Crippen LogP contribution in [0.4, 0.5) is 0 Å². The van der Waals surface area contributed by atoms with Gasteiger partial charge in [0.05, 0.1) is 19.8 Å². The third-order valence-electron chi connectivity index (χ3n) is 4.52. The summed E-state index contributed by atoms with van der Waals surface area (Å²) in [5.74, 6) is -0.192. The molecule has 0 saturated heterocycles. The van der Waals surface area contributed by atoms with Crippen LogP contribution in [0.15, 0.2) is 42.0 Å². The fourth-order valence-corrected chi connectivity index (χ4v) is 3.33. The van der Waals surface area contributed by atoms with Crippen LogP contribution in [-0.4, -0.2) is 43.8 Å². The molecule has 5 nitrogen and oxygen atoms in total. The molecule has 0 amide bonds. The summed E-state index contributed by atoms with van der Waals surface area (Å²) in [4.78, 5) is 24.4. The smallest absolute Gasteiger partial charge is 0.306 e. The fourth-order valence-electron chi connectivity index (χ4n) is 3.33. The zero-order chi connectivity index (χ0) is 20.9. The van der Waals surface area contributed by atoms with Gasteiger partial charge < -0.3 is 14.2 Å². The molecule has 1 aliphatic carbocycles. The Labute approximate surface area is 171 Å². The van der Waals surface area contributed by atoms with Gasteiger partial charge in [0.2, 0.25) is 0 Å². The minimum atomic E-state index is -0.455. The molecule has 5 heteroatoms. The normalized spacial score (nSPS) is 13.5. The van der Waals surface area contributed by atoms with Crippen molar-refractivity contribution in [3.63, 3.8) is 0 Å². The Morgan fingerprint density at radius 1 is 0.966 bits per heavy atom. The number of carbonyl (C=O) groups excluding carboxylic acids is 2. The average Bonchev–Trinajstić information content (AvgIpc) is 2.66. The molecule has 29 heavy (non-hydrogen) atoms. The van der Waals surface area contributed by atoms with Gasteiger partial charge in [-0.1, -0.05) is 36.4 Å². The Morgan fingerprint density at radius 2 is 1.69 bits per heavy atom. The lowest BCUT2D eigenvalue weighted by Crippen LogP contribution is -2.23. The highest BCUT2D eigenvalue weighted by molar-refractivity contribution is 6.22.